The van der Waals surface area contributed by atoms with E-state index in [4.69, 9.17) is 5.73 Å². The number of sulfone groups is 1. The Bertz CT molecular complexity index is 780. The summed E-state index contributed by atoms with van der Waals surface area (Å²) in [5.74, 6) is -0.0239. The van der Waals surface area contributed by atoms with Crippen molar-refractivity contribution in [2.24, 2.45) is 0 Å². The number of nitrogens with one attached hydrogen (secondary N) is 1. The zero-order valence-corrected chi connectivity index (χ0v) is 12.3. The summed E-state index contributed by atoms with van der Waals surface area (Å²) in [7, 11) is -2.98. The smallest absolute Gasteiger partial charge is 0.261 e. The lowest BCUT2D eigenvalue weighted by Gasteiger charge is -2.08. The van der Waals surface area contributed by atoms with Crippen LogP contribution < -0.4 is 11.1 Å². The van der Waals surface area contributed by atoms with Crippen molar-refractivity contribution in [1.29, 1.82) is 0 Å². The zero-order valence-electron chi connectivity index (χ0n) is 10.6. The molecule has 0 saturated carbocycles. The Labute approximate surface area is 120 Å². The van der Waals surface area contributed by atoms with E-state index in [-0.39, 0.29) is 23.5 Å². The van der Waals surface area contributed by atoms with E-state index >= 15 is 0 Å². The number of rotatable bonds is 2. The fraction of sp³-hybridized carbons (Fsp3) is 0.308. The number of amides is 1. The fourth-order valence-electron chi connectivity index (χ4n) is 2.34. The Hall–Kier alpha value is -1.60. The van der Waals surface area contributed by atoms with Crippen molar-refractivity contribution in [3.05, 3.63) is 29.1 Å². The van der Waals surface area contributed by atoms with Gasteiger partial charge in [0.1, 0.15) is 0 Å². The van der Waals surface area contributed by atoms with Gasteiger partial charge < -0.3 is 11.1 Å². The third-order valence-corrected chi connectivity index (χ3v) is 6.21. The average molecular weight is 310 g/mol. The van der Waals surface area contributed by atoms with Crippen molar-refractivity contribution in [2.45, 2.75) is 12.5 Å². The SMILES string of the molecule is Nc1ccc2sc(C(=O)NC3CCS(=O)(=O)C3)cc2c1. The van der Waals surface area contributed by atoms with Crippen LogP contribution in [0.3, 0.4) is 0 Å². The second kappa shape index (κ2) is 4.75. The van der Waals surface area contributed by atoms with Gasteiger partial charge in [0, 0.05) is 16.4 Å². The standard InChI is InChI=1S/C13H14N2O3S2/c14-9-1-2-11-8(5-9)6-12(19-11)13(16)15-10-3-4-20(17,18)7-10/h1-2,5-6,10H,3-4,7,14H2,(H,15,16). The van der Waals surface area contributed by atoms with Crippen LogP contribution in [0.4, 0.5) is 5.69 Å². The van der Waals surface area contributed by atoms with Crippen LogP contribution in [0.2, 0.25) is 0 Å². The van der Waals surface area contributed by atoms with Crippen molar-refractivity contribution in [1.82, 2.24) is 5.32 Å². The number of anilines is 1. The molecule has 1 atom stereocenters. The Balaban J connectivity index is 1.79. The van der Waals surface area contributed by atoms with E-state index in [1.54, 1.807) is 12.1 Å². The minimum absolute atomic E-state index is 0.0383. The highest BCUT2D eigenvalue weighted by Gasteiger charge is 2.29. The predicted molar refractivity (Wildman–Crippen MR) is 80.8 cm³/mol. The Morgan fingerprint density at radius 1 is 1.35 bits per heavy atom. The lowest BCUT2D eigenvalue weighted by molar-refractivity contribution is 0.0945. The molecule has 1 aromatic carbocycles. The average Bonchev–Trinajstić information content (AvgIpc) is 2.92. The Morgan fingerprint density at radius 3 is 2.85 bits per heavy atom. The van der Waals surface area contributed by atoms with Crippen LogP contribution in [0.5, 0.6) is 0 Å². The molecule has 0 radical (unpaired) electrons. The molecule has 1 saturated heterocycles. The molecule has 1 aliphatic rings. The minimum atomic E-state index is -2.98. The molecular formula is C13H14N2O3S2. The number of thiophene rings is 1. The number of nitrogens with two attached hydrogens (primary N) is 1. The van der Waals surface area contributed by atoms with Crippen LogP contribution in [-0.4, -0.2) is 31.9 Å². The van der Waals surface area contributed by atoms with Gasteiger partial charge in [0.2, 0.25) is 0 Å². The van der Waals surface area contributed by atoms with Gasteiger partial charge in [-0.25, -0.2) is 8.42 Å². The number of hydrogen-bond donors (Lipinski definition) is 2. The summed E-state index contributed by atoms with van der Waals surface area (Å²) in [6.45, 7) is 0. The number of carbonyl (C=O) groups excluding carboxylic acids is 1. The highest BCUT2D eigenvalue weighted by molar-refractivity contribution is 7.91. The van der Waals surface area contributed by atoms with E-state index in [2.05, 4.69) is 5.32 Å². The molecule has 1 amide bonds. The molecule has 2 aromatic rings. The van der Waals surface area contributed by atoms with Crippen LogP contribution in [0.25, 0.3) is 10.1 Å². The van der Waals surface area contributed by atoms with Crippen LogP contribution in [0.1, 0.15) is 16.1 Å². The molecule has 20 heavy (non-hydrogen) atoms. The van der Waals surface area contributed by atoms with E-state index in [0.29, 0.717) is 17.0 Å². The van der Waals surface area contributed by atoms with Gasteiger partial charge in [0.25, 0.3) is 5.91 Å². The van der Waals surface area contributed by atoms with Gasteiger partial charge in [-0.05, 0) is 36.1 Å². The van der Waals surface area contributed by atoms with E-state index in [1.165, 1.54) is 11.3 Å². The van der Waals surface area contributed by atoms with Gasteiger partial charge in [-0.3, -0.25) is 4.79 Å². The summed E-state index contributed by atoms with van der Waals surface area (Å²) in [5.41, 5.74) is 6.37. The number of fused-ring (bicyclic) bond motifs is 1. The molecule has 0 aliphatic carbocycles. The monoisotopic (exact) mass is 310 g/mol. The molecule has 5 nitrogen and oxygen atoms in total. The molecule has 1 aliphatic heterocycles. The number of nitrogen functional groups attached to an aromatic ring is 1. The molecule has 3 N–H and O–H groups in total. The van der Waals surface area contributed by atoms with E-state index < -0.39 is 9.84 Å². The molecule has 1 unspecified atom stereocenters. The fourth-order valence-corrected chi connectivity index (χ4v) is 4.96. The first kappa shape index (κ1) is 13.4. The summed E-state index contributed by atoms with van der Waals surface area (Å²) in [4.78, 5) is 12.7. The van der Waals surface area contributed by atoms with Gasteiger partial charge in [0.05, 0.1) is 16.4 Å². The molecule has 2 heterocycles. The van der Waals surface area contributed by atoms with Gasteiger partial charge >= 0.3 is 0 Å². The second-order valence-electron chi connectivity index (χ2n) is 4.98. The lowest BCUT2D eigenvalue weighted by Crippen LogP contribution is -2.35. The topological polar surface area (TPSA) is 89.3 Å². The molecule has 106 valence electrons. The van der Waals surface area contributed by atoms with Crippen LogP contribution >= 0.6 is 11.3 Å². The largest absolute Gasteiger partial charge is 0.399 e. The van der Waals surface area contributed by atoms with Crippen LogP contribution in [-0.2, 0) is 9.84 Å². The number of carbonyl (C=O) groups is 1. The summed E-state index contributed by atoms with van der Waals surface area (Å²) in [5, 5.41) is 3.72. The molecule has 1 fully saturated rings. The van der Waals surface area contributed by atoms with Crippen molar-refractivity contribution < 1.29 is 13.2 Å². The summed E-state index contributed by atoms with van der Waals surface area (Å²) in [6.07, 6.45) is 0.492. The summed E-state index contributed by atoms with van der Waals surface area (Å²) < 4.78 is 23.7. The maximum absolute atomic E-state index is 12.1. The van der Waals surface area contributed by atoms with Crippen molar-refractivity contribution >= 4 is 42.9 Å². The van der Waals surface area contributed by atoms with Crippen molar-refractivity contribution in [3.63, 3.8) is 0 Å². The van der Waals surface area contributed by atoms with Gasteiger partial charge in [-0.15, -0.1) is 11.3 Å². The maximum Gasteiger partial charge on any atom is 0.261 e. The molecule has 3 rings (SSSR count). The lowest BCUT2D eigenvalue weighted by atomic mass is 10.2. The predicted octanol–water partition coefficient (Wildman–Crippen LogP) is 1.40. The maximum atomic E-state index is 12.1. The highest BCUT2D eigenvalue weighted by atomic mass is 32.2. The molecule has 1 aromatic heterocycles. The molecule has 7 heteroatoms. The normalized spacial score (nSPS) is 21.1. The first-order valence-electron chi connectivity index (χ1n) is 6.23. The summed E-state index contributed by atoms with van der Waals surface area (Å²) >= 11 is 1.38. The van der Waals surface area contributed by atoms with Gasteiger partial charge in [0.15, 0.2) is 9.84 Å². The van der Waals surface area contributed by atoms with Crippen molar-refractivity contribution in [3.8, 4) is 0 Å². The molecular weight excluding hydrogens is 296 g/mol. The van der Waals surface area contributed by atoms with E-state index in [0.717, 1.165) is 10.1 Å². The van der Waals surface area contributed by atoms with Crippen molar-refractivity contribution in [2.75, 3.05) is 17.2 Å². The zero-order chi connectivity index (χ0) is 14.3. The second-order valence-corrected chi connectivity index (χ2v) is 8.29. The highest BCUT2D eigenvalue weighted by Crippen LogP contribution is 2.27. The van der Waals surface area contributed by atoms with Gasteiger partial charge in [-0.1, -0.05) is 0 Å². The Kier molecular flexibility index (Phi) is 3.18. The number of hydrogen-bond acceptors (Lipinski definition) is 5. The van der Waals surface area contributed by atoms with Crippen LogP contribution in [0.15, 0.2) is 24.3 Å². The first-order chi connectivity index (χ1) is 9.43. The van der Waals surface area contributed by atoms with E-state index in [1.807, 2.05) is 12.1 Å². The minimum Gasteiger partial charge on any atom is -0.399 e. The third-order valence-electron chi connectivity index (χ3n) is 3.33. The quantitative estimate of drug-likeness (QED) is 0.821. The first-order valence-corrected chi connectivity index (χ1v) is 8.87. The van der Waals surface area contributed by atoms with Gasteiger partial charge in [-0.2, -0.15) is 0 Å². The molecule has 0 bridgehead atoms. The Morgan fingerprint density at radius 2 is 2.15 bits per heavy atom. The molecule has 0 spiro atoms. The number of benzene rings is 1. The summed E-state index contributed by atoms with van der Waals surface area (Å²) in [6, 6.07) is 7.01. The van der Waals surface area contributed by atoms with Crippen LogP contribution in [0, 0.1) is 0 Å². The third kappa shape index (κ3) is 2.64. The van der Waals surface area contributed by atoms with E-state index in [9.17, 15) is 13.2 Å².